The number of ether oxygens (including phenoxy) is 4. The molecule has 20 heteroatoms. The minimum Gasteiger partial charge on any atom is -0.497 e. The number of carbonyl (C=O) groups is 4. The number of aliphatic carboxylic acids is 1. The van der Waals surface area contributed by atoms with Gasteiger partial charge < -0.3 is 34.3 Å². The number of likely N-dealkylation sites (N-methyl/N-ethyl adjacent to an activating group) is 4. The molecule has 0 aromatic heterocycles. The Balaban J connectivity index is 0. The van der Waals surface area contributed by atoms with E-state index in [1.807, 2.05) is 0 Å². The highest BCUT2D eigenvalue weighted by atomic mass is 35.5. The van der Waals surface area contributed by atoms with Crippen LogP contribution in [-0.2, 0) is 48.7 Å². The molecule has 2 N–H and O–H groups in total. The maximum Gasteiger partial charge on any atom is 0.325 e. The van der Waals surface area contributed by atoms with Gasteiger partial charge in [0.1, 0.15) is 24.6 Å². The number of esters is 2. The zero-order valence-electron chi connectivity index (χ0n) is 31.6. The van der Waals surface area contributed by atoms with Gasteiger partial charge in [-0.15, -0.1) is 12.4 Å². The summed E-state index contributed by atoms with van der Waals surface area (Å²) in [5.74, 6) is -1.40. The summed E-state index contributed by atoms with van der Waals surface area (Å²) in [6.45, 7) is 5.71. The van der Waals surface area contributed by atoms with Crippen LogP contribution in [0.15, 0.2) is 34.1 Å². The fourth-order valence-corrected chi connectivity index (χ4v) is 7.46. The Kier molecular flexibility index (Phi) is 22.0. The number of carboxylic acids is 1. The van der Waals surface area contributed by atoms with E-state index in [4.69, 9.17) is 14.6 Å². The summed E-state index contributed by atoms with van der Waals surface area (Å²) < 4.78 is 71.1. The lowest BCUT2D eigenvalue weighted by Gasteiger charge is -2.23. The van der Waals surface area contributed by atoms with E-state index in [-0.39, 0.29) is 47.8 Å². The smallest absolute Gasteiger partial charge is 0.325 e. The van der Waals surface area contributed by atoms with Gasteiger partial charge >= 0.3 is 17.9 Å². The van der Waals surface area contributed by atoms with Crippen LogP contribution in [0, 0.1) is 27.7 Å². The average molecular weight is 799 g/mol. The van der Waals surface area contributed by atoms with Crippen molar-refractivity contribution in [3.63, 3.8) is 0 Å². The summed E-state index contributed by atoms with van der Waals surface area (Å²) >= 11 is 0. The second kappa shape index (κ2) is 22.8. The minimum absolute atomic E-state index is 0. The lowest BCUT2D eigenvalue weighted by molar-refractivity contribution is -0.146. The molecule has 0 saturated carbocycles. The number of halogens is 1. The number of carbonyl (C=O) groups excluding carboxylic acids is 3. The molecule has 2 aromatic rings. The number of aryl methyl sites for hydroxylation is 4. The second-order valence-electron chi connectivity index (χ2n) is 11.0. The summed E-state index contributed by atoms with van der Waals surface area (Å²) in [4.78, 5) is 45.5. The Labute approximate surface area is 312 Å². The van der Waals surface area contributed by atoms with Crippen molar-refractivity contribution >= 4 is 56.3 Å². The molecule has 17 nitrogen and oxygen atoms in total. The van der Waals surface area contributed by atoms with E-state index in [0.717, 1.165) is 13.5 Å². The van der Waals surface area contributed by atoms with Gasteiger partial charge in [-0.05, 0) is 81.3 Å². The molecule has 0 fully saturated rings. The number of nitrogens with zero attached hydrogens (tertiary/aromatic N) is 3. The number of carboxylic acid groups (broad SMARTS) is 1. The third-order valence-corrected chi connectivity index (χ3v) is 11.2. The van der Waals surface area contributed by atoms with Crippen LogP contribution in [0.3, 0.4) is 0 Å². The monoisotopic (exact) mass is 798 g/mol. The lowest BCUT2D eigenvalue weighted by Crippen LogP contribution is -2.41. The number of sulfonamides is 2. The van der Waals surface area contributed by atoms with Crippen molar-refractivity contribution in [1.82, 2.24) is 18.8 Å². The quantitative estimate of drug-likeness (QED) is 0.259. The van der Waals surface area contributed by atoms with Crippen LogP contribution in [0.5, 0.6) is 11.5 Å². The van der Waals surface area contributed by atoms with Crippen LogP contribution in [0.1, 0.15) is 22.3 Å². The molecule has 0 aliphatic heterocycles. The van der Waals surface area contributed by atoms with Gasteiger partial charge in [-0.25, -0.2) is 16.8 Å². The minimum atomic E-state index is -3.87. The topological polar surface area (TPSA) is 215 Å². The molecule has 0 aliphatic carbocycles. The molecule has 0 unspecified atom stereocenters. The highest BCUT2D eigenvalue weighted by Gasteiger charge is 2.29. The number of hydrogen-bond acceptors (Lipinski definition) is 13. The van der Waals surface area contributed by atoms with E-state index in [0.29, 0.717) is 33.8 Å². The molecule has 1 amide bonds. The van der Waals surface area contributed by atoms with Gasteiger partial charge in [-0.1, -0.05) is 0 Å². The van der Waals surface area contributed by atoms with Crippen molar-refractivity contribution in [2.24, 2.45) is 0 Å². The van der Waals surface area contributed by atoms with Gasteiger partial charge in [0.05, 0.1) is 51.3 Å². The first kappa shape index (κ1) is 50.1. The van der Waals surface area contributed by atoms with Gasteiger partial charge in [0.2, 0.25) is 26.0 Å². The van der Waals surface area contributed by atoms with Crippen molar-refractivity contribution in [1.29, 1.82) is 0 Å². The van der Waals surface area contributed by atoms with Crippen LogP contribution in [0.4, 0.5) is 0 Å². The first-order chi connectivity index (χ1) is 23.5. The highest BCUT2D eigenvalue weighted by Crippen LogP contribution is 2.29. The molecule has 0 saturated heterocycles. The summed E-state index contributed by atoms with van der Waals surface area (Å²) in [6, 6.07) is 6.46. The van der Waals surface area contributed by atoms with Gasteiger partial charge in [-0.3, -0.25) is 19.2 Å². The number of methoxy groups -OCH3 is 4. The molecule has 0 spiro atoms. The fourth-order valence-electron chi connectivity index (χ4n) is 4.42. The highest BCUT2D eigenvalue weighted by molar-refractivity contribution is 7.89. The molecule has 0 atom stereocenters. The van der Waals surface area contributed by atoms with Crippen LogP contribution >= 0.6 is 12.4 Å². The predicted octanol–water partition coefficient (Wildman–Crippen LogP) is 1.38. The van der Waals surface area contributed by atoms with Crippen LogP contribution in [0.25, 0.3) is 0 Å². The van der Waals surface area contributed by atoms with E-state index < -0.39 is 44.4 Å². The van der Waals surface area contributed by atoms with Crippen LogP contribution < -0.4 is 14.8 Å². The van der Waals surface area contributed by atoms with Gasteiger partial charge in [0.15, 0.2) is 0 Å². The van der Waals surface area contributed by atoms with E-state index in [1.165, 1.54) is 49.6 Å². The third kappa shape index (κ3) is 14.9. The van der Waals surface area contributed by atoms with Crippen molar-refractivity contribution in [3.8, 4) is 11.5 Å². The number of rotatable bonds is 14. The van der Waals surface area contributed by atoms with Gasteiger partial charge in [-0.2, -0.15) is 8.61 Å². The fraction of sp³-hybridized carbons (Fsp3) is 0.500. The van der Waals surface area contributed by atoms with Crippen molar-refractivity contribution < 1.29 is 60.1 Å². The summed E-state index contributed by atoms with van der Waals surface area (Å²) in [5, 5.41) is 11.3. The van der Waals surface area contributed by atoms with E-state index >= 15 is 0 Å². The van der Waals surface area contributed by atoms with E-state index in [1.54, 1.807) is 59.0 Å². The SMILES string of the molecule is CNCC(=O)OC.COC(=O)CN(C)C(=O)CN(C)S(=O)(=O)c1c(C)cc(OC)cc1C.COc1cc(C)c(S(=O)(=O)N(C)CC(=O)O)c(C)c1.Cl. The molecule has 2 rings (SSSR count). The maximum absolute atomic E-state index is 12.8. The lowest BCUT2D eigenvalue weighted by atomic mass is 10.1. The molecule has 296 valence electrons. The Morgan fingerprint density at radius 2 is 1.00 bits per heavy atom. The zero-order valence-corrected chi connectivity index (χ0v) is 34.0. The average Bonchev–Trinajstić information content (AvgIpc) is 3.03. The van der Waals surface area contributed by atoms with E-state index in [9.17, 15) is 36.0 Å². The maximum atomic E-state index is 12.8. The molecule has 0 bridgehead atoms. The standard InChI is InChI=1S/C16H24N2O6S.C12H17NO5S.C4H9NO2.ClH/c1-11-7-13(23-5)8-12(2)16(11)25(21,22)18(4)9-14(19)17(3)10-15(20)24-6;1-8-5-10(18-4)6-9(2)12(8)19(16,17)13(3)7-11(14)15;1-5-3-4(6)7-2;/h7-8H,9-10H2,1-6H3;5-6H,7H2,1-4H3,(H,14,15);5H,3H2,1-2H3;1H. The first-order valence-corrected chi connectivity index (χ1v) is 17.9. The molecular formula is C32H51ClN4O13S2. The second-order valence-corrected chi connectivity index (χ2v) is 15.0. The molecule has 0 aliphatic rings. The Morgan fingerprint density at radius 3 is 1.27 bits per heavy atom. The number of nitrogens with one attached hydrogen (secondary N) is 1. The molecule has 0 heterocycles. The van der Waals surface area contributed by atoms with Crippen molar-refractivity contribution in [3.05, 3.63) is 46.5 Å². The summed E-state index contributed by atoms with van der Waals surface area (Å²) in [7, 11) is 3.54. The van der Waals surface area contributed by atoms with Gasteiger partial charge in [0.25, 0.3) is 0 Å². The van der Waals surface area contributed by atoms with E-state index in [2.05, 4.69) is 14.8 Å². The molecule has 2 aromatic carbocycles. The first-order valence-electron chi connectivity index (χ1n) is 15.0. The number of benzene rings is 2. The summed E-state index contributed by atoms with van der Waals surface area (Å²) in [6.07, 6.45) is 0. The summed E-state index contributed by atoms with van der Waals surface area (Å²) in [5.41, 5.74) is 2.10. The van der Waals surface area contributed by atoms with Crippen LogP contribution in [-0.4, -0.2) is 142 Å². The Morgan fingerprint density at radius 1 is 0.654 bits per heavy atom. The predicted molar refractivity (Wildman–Crippen MR) is 195 cm³/mol. The third-order valence-electron chi connectivity index (χ3n) is 6.96. The largest absolute Gasteiger partial charge is 0.497 e. The zero-order chi connectivity index (χ0) is 39.9. The molecule has 0 radical (unpaired) electrons. The molecular weight excluding hydrogens is 748 g/mol. The number of amides is 1. The van der Waals surface area contributed by atoms with Gasteiger partial charge in [0, 0.05) is 21.1 Å². The van der Waals surface area contributed by atoms with Crippen molar-refractivity contribution in [2.45, 2.75) is 37.5 Å². The van der Waals surface area contributed by atoms with Crippen LogP contribution in [0.2, 0.25) is 0 Å². The Bertz CT molecular complexity index is 1710. The number of hydrogen-bond donors (Lipinski definition) is 2. The molecule has 52 heavy (non-hydrogen) atoms. The normalized spacial score (nSPS) is 10.8. The van der Waals surface area contributed by atoms with Crippen molar-refractivity contribution in [2.75, 3.05) is 82.8 Å². The Hall–Kier alpha value is -4.01.